The molecule has 30 heavy (non-hydrogen) atoms. The average molecular weight is 425 g/mol. The van der Waals surface area contributed by atoms with Gasteiger partial charge in [-0.2, -0.15) is 5.10 Å². The van der Waals surface area contributed by atoms with Gasteiger partial charge in [0.25, 0.3) is 11.6 Å². The van der Waals surface area contributed by atoms with Gasteiger partial charge in [-0.15, -0.1) is 0 Å². The lowest BCUT2D eigenvalue weighted by molar-refractivity contribution is -0.384. The van der Waals surface area contributed by atoms with Crippen LogP contribution < -0.4 is 0 Å². The fourth-order valence-electron chi connectivity index (χ4n) is 3.61. The number of carbonyl (C=O) groups excluding carboxylic acids is 1. The predicted molar refractivity (Wildman–Crippen MR) is 115 cm³/mol. The monoisotopic (exact) mass is 424 g/mol. The van der Waals surface area contributed by atoms with Crippen LogP contribution in [0.25, 0.3) is 16.9 Å². The van der Waals surface area contributed by atoms with Crippen molar-refractivity contribution < 1.29 is 9.72 Å². The van der Waals surface area contributed by atoms with Crippen molar-refractivity contribution in [3.63, 3.8) is 0 Å². The van der Waals surface area contributed by atoms with Crippen molar-refractivity contribution in [1.82, 2.24) is 14.7 Å². The van der Waals surface area contributed by atoms with Crippen LogP contribution in [0.3, 0.4) is 0 Å². The van der Waals surface area contributed by atoms with Gasteiger partial charge in [-0.25, -0.2) is 4.68 Å². The minimum atomic E-state index is -0.444. The van der Waals surface area contributed by atoms with Crippen LogP contribution in [-0.2, 0) is 0 Å². The quantitative estimate of drug-likeness (QED) is 0.437. The first-order valence-corrected chi connectivity index (χ1v) is 10.2. The zero-order chi connectivity index (χ0) is 21.3. The highest BCUT2D eigenvalue weighted by Crippen LogP contribution is 2.27. The molecule has 8 heteroatoms. The Hall–Kier alpha value is -3.19. The van der Waals surface area contributed by atoms with Crippen molar-refractivity contribution in [2.24, 2.45) is 5.92 Å². The van der Waals surface area contributed by atoms with Gasteiger partial charge in [-0.3, -0.25) is 14.9 Å². The standard InChI is InChI=1S/C22H21ClN4O3/c1-15-9-11-25(12-10-15)22(28)21-14-20(16-5-7-18(8-6-16)27(29)30)24-26(21)19-4-2-3-17(23)13-19/h2-8,13-15H,9-12H2,1H3. The van der Waals surface area contributed by atoms with E-state index >= 15 is 0 Å². The van der Waals surface area contributed by atoms with E-state index in [1.54, 1.807) is 35.0 Å². The van der Waals surface area contributed by atoms with E-state index < -0.39 is 4.92 Å². The third-order valence-electron chi connectivity index (χ3n) is 5.43. The van der Waals surface area contributed by atoms with E-state index in [4.69, 9.17) is 11.6 Å². The van der Waals surface area contributed by atoms with Crippen LogP contribution in [0.2, 0.25) is 5.02 Å². The van der Waals surface area contributed by atoms with Crippen LogP contribution in [0.1, 0.15) is 30.3 Å². The Bertz CT molecular complexity index is 1090. The minimum Gasteiger partial charge on any atom is -0.337 e. The molecule has 0 bridgehead atoms. The fraction of sp³-hybridized carbons (Fsp3) is 0.273. The number of non-ortho nitro benzene ring substituents is 1. The molecule has 0 aliphatic carbocycles. The highest BCUT2D eigenvalue weighted by atomic mass is 35.5. The Morgan fingerprint density at radius 2 is 1.83 bits per heavy atom. The van der Waals surface area contributed by atoms with Crippen LogP contribution >= 0.6 is 11.6 Å². The number of nitro benzene ring substituents is 1. The molecule has 7 nitrogen and oxygen atoms in total. The molecule has 2 heterocycles. The average Bonchev–Trinajstić information content (AvgIpc) is 3.19. The van der Waals surface area contributed by atoms with Gasteiger partial charge < -0.3 is 4.90 Å². The van der Waals surface area contributed by atoms with Crippen molar-refractivity contribution in [3.05, 3.63) is 75.4 Å². The van der Waals surface area contributed by atoms with Crippen LogP contribution in [0.5, 0.6) is 0 Å². The molecule has 1 aromatic heterocycles. The van der Waals surface area contributed by atoms with Gasteiger partial charge in [0, 0.05) is 35.8 Å². The number of nitro groups is 1. The number of rotatable bonds is 4. The van der Waals surface area contributed by atoms with Crippen LogP contribution in [-0.4, -0.2) is 38.6 Å². The molecule has 154 valence electrons. The lowest BCUT2D eigenvalue weighted by Gasteiger charge is -2.30. The molecule has 0 spiro atoms. The zero-order valence-electron chi connectivity index (χ0n) is 16.5. The summed E-state index contributed by atoms with van der Waals surface area (Å²) in [6, 6.07) is 15.0. The molecule has 1 aliphatic rings. The van der Waals surface area contributed by atoms with Gasteiger partial charge in [-0.05, 0) is 55.2 Å². The Morgan fingerprint density at radius 3 is 2.47 bits per heavy atom. The summed E-state index contributed by atoms with van der Waals surface area (Å²) in [4.78, 5) is 25.7. The molecule has 0 N–H and O–H groups in total. The molecular weight excluding hydrogens is 404 g/mol. The van der Waals surface area contributed by atoms with Gasteiger partial charge >= 0.3 is 0 Å². The summed E-state index contributed by atoms with van der Waals surface area (Å²) in [5.74, 6) is 0.532. The first kappa shape index (κ1) is 20.1. The molecular formula is C22H21ClN4O3. The maximum atomic E-state index is 13.3. The molecule has 1 aliphatic heterocycles. The van der Waals surface area contributed by atoms with Gasteiger partial charge in [-0.1, -0.05) is 24.6 Å². The number of likely N-dealkylation sites (tertiary alicyclic amines) is 1. The highest BCUT2D eigenvalue weighted by molar-refractivity contribution is 6.30. The Morgan fingerprint density at radius 1 is 1.13 bits per heavy atom. The highest BCUT2D eigenvalue weighted by Gasteiger charge is 2.26. The number of amides is 1. The van der Waals surface area contributed by atoms with E-state index in [0.29, 0.717) is 46.7 Å². The molecule has 3 aromatic rings. The number of halogens is 1. The third-order valence-corrected chi connectivity index (χ3v) is 5.66. The number of piperidine rings is 1. The predicted octanol–water partition coefficient (Wildman–Crippen LogP) is 4.97. The summed E-state index contributed by atoms with van der Waals surface area (Å²) < 4.78 is 1.60. The van der Waals surface area contributed by atoms with E-state index in [0.717, 1.165) is 12.8 Å². The van der Waals surface area contributed by atoms with Gasteiger partial charge in [0.1, 0.15) is 5.69 Å². The third kappa shape index (κ3) is 4.07. The summed E-state index contributed by atoms with van der Waals surface area (Å²) in [6.07, 6.45) is 1.96. The van der Waals surface area contributed by atoms with Gasteiger partial charge in [0.15, 0.2) is 0 Å². The van der Waals surface area contributed by atoms with Crippen molar-refractivity contribution in [1.29, 1.82) is 0 Å². The topological polar surface area (TPSA) is 81.3 Å². The first-order valence-electron chi connectivity index (χ1n) is 9.82. The summed E-state index contributed by atoms with van der Waals surface area (Å²) in [7, 11) is 0. The van der Waals surface area contributed by atoms with Crippen molar-refractivity contribution >= 4 is 23.2 Å². The Kier molecular flexibility index (Phi) is 5.55. The Balaban J connectivity index is 1.75. The summed E-state index contributed by atoms with van der Waals surface area (Å²) >= 11 is 6.16. The lowest BCUT2D eigenvalue weighted by Crippen LogP contribution is -2.38. The second-order valence-electron chi connectivity index (χ2n) is 7.59. The molecule has 1 saturated heterocycles. The zero-order valence-corrected chi connectivity index (χ0v) is 17.2. The van der Waals surface area contributed by atoms with E-state index in [1.165, 1.54) is 12.1 Å². The number of aromatic nitrogens is 2. The maximum absolute atomic E-state index is 13.3. The smallest absolute Gasteiger partial charge is 0.272 e. The molecule has 0 atom stereocenters. The molecule has 2 aromatic carbocycles. The number of hydrogen-bond donors (Lipinski definition) is 0. The van der Waals surface area contributed by atoms with Crippen LogP contribution in [0, 0.1) is 16.0 Å². The molecule has 0 radical (unpaired) electrons. The minimum absolute atomic E-state index is 0.00626. The second-order valence-corrected chi connectivity index (χ2v) is 8.02. The molecule has 0 saturated carbocycles. The number of nitrogens with zero attached hydrogens (tertiary/aromatic N) is 4. The van der Waals surface area contributed by atoms with Gasteiger partial charge in [0.2, 0.25) is 0 Å². The van der Waals surface area contributed by atoms with Gasteiger partial charge in [0.05, 0.1) is 16.3 Å². The summed E-state index contributed by atoms with van der Waals surface area (Å²) in [5.41, 5.74) is 2.40. The van der Waals surface area contributed by atoms with E-state index in [9.17, 15) is 14.9 Å². The molecule has 0 unspecified atom stereocenters. The van der Waals surface area contributed by atoms with Crippen molar-refractivity contribution in [3.8, 4) is 16.9 Å². The Labute approximate surface area is 179 Å². The van der Waals surface area contributed by atoms with Crippen molar-refractivity contribution in [2.45, 2.75) is 19.8 Å². The molecule has 1 amide bonds. The summed E-state index contributed by atoms with van der Waals surface area (Å²) in [6.45, 7) is 3.63. The number of hydrogen-bond acceptors (Lipinski definition) is 4. The van der Waals surface area contributed by atoms with E-state index in [-0.39, 0.29) is 11.6 Å². The van der Waals surface area contributed by atoms with E-state index in [1.807, 2.05) is 17.0 Å². The van der Waals surface area contributed by atoms with Crippen LogP contribution in [0.4, 0.5) is 5.69 Å². The summed E-state index contributed by atoms with van der Waals surface area (Å²) in [5, 5.41) is 16.1. The molecule has 1 fully saturated rings. The molecule has 4 rings (SSSR count). The van der Waals surface area contributed by atoms with Crippen LogP contribution in [0.15, 0.2) is 54.6 Å². The maximum Gasteiger partial charge on any atom is 0.272 e. The normalized spacial score (nSPS) is 14.7. The van der Waals surface area contributed by atoms with Crippen molar-refractivity contribution in [2.75, 3.05) is 13.1 Å². The fourth-order valence-corrected chi connectivity index (χ4v) is 3.79. The lowest BCUT2D eigenvalue weighted by atomic mass is 9.99. The van der Waals surface area contributed by atoms with E-state index in [2.05, 4.69) is 12.0 Å². The number of benzene rings is 2. The second kappa shape index (κ2) is 8.28. The first-order chi connectivity index (χ1) is 14.4. The largest absolute Gasteiger partial charge is 0.337 e. The number of carbonyl (C=O) groups is 1. The SMILES string of the molecule is CC1CCN(C(=O)c2cc(-c3ccc([N+](=O)[O-])cc3)nn2-c2cccc(Cl)c2)CC1.